The Morgan fingerprint density at radius 3 is 2.29 bits per heavy atom. The number of nitrogens with one attached hydrogen (secondary N) is 1. The molecule has 1 aromatic carbocycles. The molecule has 9 nitrogen and oxygen atoms in total. The van der Waals surface area contributed by atoms with Crippen LogP contribution in [0.2, 0.25) is 0 Å². The van der Waals surface area contributed by atoms with Crippen LogP contribution in [-0.4, -0.2) is 84.2 Å². The summed E-state index contributed by atoms with van der Waals surface area (Å²) in [5.41, 5.74) is 0.943. The number of hydrogen-bond donors (Lipinski definition) is 2. The first-order valence-electron chi connectivity index (χ1n) is 17.6. The molecule has 0 radical (unpaired) electrons. The predicted octanol–water partition coefficient (Wildman–Crippen LogP) is 6.04. The quantitative estimate of drug-likeness (QED) is 0.382. The number of carbonyl (C=O) groups excluding carboxylic acids is 3. The van der Waals surface area contributed by atoms with Gasteiger partial charge in [0, 0.05) is 50.2 Å². The standard InChI is InChI=1S/C36H57N3O6/c1-25-22-39(26(2)24-40)36(43)31-21-30(37-34(41)28-14-7-5-8-15-28)18-19-32(31)45-27(3)13-11-12-20-44-33(25)23-38(4)35(42)29-16-9-6-10-17-29/h18-19,21,25-29,33,40H,5-17,20,22-24H2,1-4H3,(H,37,41)/t25-,26+,27-,33-/m0/s1. The summed E-state index contributed by atoms with van der Waals surface area (Å²) >= 11 is 0. The van der Waals surface area contributed by atoms with Crippen molar-refractivity contribution >= 4 is 23.4 Å². The fourth-order valence-corrected chi connectivity index (χ4v) is 7.09. The van der Waals surface area contributed by atoms with Crippen molar-refractivity contribution in [3.63, 3.8) is 0 Å². The first kappa shape index (κ1) is 35.2. The average Bonchev–Trinajstić information content (AvgIpc) is 3.06. The Morgan fingerprint density at radius 2 is 1.62 bits per heavy atom. The Bertz CT molecular complexity index is 1120. The van der Waals surface area contributed by atoms with Crippen molar-refractivity contribution in [2.75, 3.05) is 38.7 Å². The van der Waals surface area contributed by atoms with Crippen molar-refractivity contribution in [3.8, 4) is 5.75 Å². The van der Waals surface area contributed by atoms with Gasteiger partial charge in [-0.3, -0.25) is 14.4 Å². The van der Waals surface area contributed by atoms with Crippen LogP contribution in [0.25, 0.3) is 0 Å². The molecule has 0 unspecified atom stereocenters. The molecule has 9 heteroatoms. The van der Waals surface area contributed by atoms with Gasteiger partial charge in [0.25, 0.3) is 5.91 Å². The normalized spacial score (nSPS) is 25.4. The molecular weight excluding hydrogens is 570 g/mol. The lowest BCUT2D eigenvalue weighted by Crippen LogP contribution is -2.48. The summed E-state index contributed by atoms with van der Waals surface area (Å²) in [5.74, 6) is 0.366. The van der Waals surface area contributed by atoms with Gasteiger partial charge >= 0.3 is 0 Å². The van der Waals surface area contributed by atoms with Crippen molar-refractivity contribution in [1.82, 2.24) is 9.80 Å². The third-order valence-corrected chi connectivity index (χ3v) is 10.1. The molecule has 2 fully saturated rings. The number of benzene rings is 1. The summed E-state index contributed by atoms with van der Waals surface area (Å²) in [4.78, 5) is 44.3. The van der Waals surface area contributed by atoms with Gasteiger partial charge < -0.3 is 29.7 Å². The van der Waals surface area contributed by atoms with Crippen LogP contribution in [-0.2, 0) is 14.3 Å². The van der Waals surface area contributed by atoms with E-state index in [9.17, 15) is 19.5 Å². The Hall–Kier alpha value is -2.65. The lowest BCUT2D eigenvalue weighted by Gasteiger charge is -2.36. The lowest BCUT2D eigenvalue weighted by atomic mass is 9.88. The molecule has 3 aliphatic rings. The van der Waals surface area contributed by atoms with Crippen LogP contribution in [0.4, 0.5) is 5.69 Å². The largest absolute Gasteiger partial charge is 0.490 e. The minimum absolute atomic E-state index is 0.00151. The number of fused-ring (bicyclic) bond motifs is 1. The zero-order valence-electron chi connectivity index (χ0n) is 28.1. The van der Waals surface area contributed by atoms with Gasteiger partial charge in [0.05, 0.1) is 30.4 Å². The summed E-state index contributed by atoms with van der Waals surface area (Å²) in [6.45, 7) is 7.06. The molecule has 2 N–H and O–H groups in total. The van der Waals surface area contributed by atoms with Crippen LogP contribution in [0.1, 0.15) is 115 Å². The Kier molecular flexibility index (Phi) is 13.5. The molecule has 0 spiro atoms. The van der Waals surface area contributed by atoms with E-state index in [2.05, 4.69) is 12.2 Å². The Balaban J connectivity index is 1.58. The van der Waals surface area contributed by atoms with Gasteiger partial charge in [-0.25, -0.2) is 0 Å². The number of aliphatic hydroxyl groups excluding tert-OH is 1. The number of amides is 3. The van der Waals surface area contributed by atoms with E-state index in [4.69, 9.17) is 9.47 Å². The first-order valence-corrected chi connectivity index (χ1v) is 17.6. The highest BCUT2D eigenvalue weighted by Crippen LogP contribution is 2.31. The smallest absolute Gasteiger partial charge is 0.258 e. The van der Waals surface area contributed by atoms with Gasteiger partial charge in [-0.1, -0.05) is 45.4 Å². The summed E-state index contributed by atoms with van der Waals surface area (Å²) < 4.78 is 12.8. The maximum Gasteiger partial charge on any atom is 0.258 e. The number of carbonyl (C=O) groups is 3. The highest BCUT2D eigenvalue weighted by Gasteiger charge is 2.32. The summed E-state index contributed by atoms with van der Waals surface area (Å²) in [6.07, 6.45) is 12.6. The van der Waals surface area contributed by atoms with Crippen LogP contribution in [0.15, 0.2) is 18.2 Å². The van der Waals surface area contributed by atoms with E-state index in [0.717, 1.165) is 70.6 Å². The summed E-state index contributed by atoms with van der Waals surface area (Å²) in [5, 5.41) is 13.3. The molecule has 2 saturated carbocycles. The van der Waals surface area contributed by atoms with E-state index in [0.29, 0.717) is 36.7 Å². The number of hydrogen-bond acceptors (Lipinski definition) is 6. The Morgan fingerprint density at radius 1 is 0.978 bits per heavy atom. The molecule has 1 aliphatic heterocycles. The second kappa shape index (κ2) is 17.3. The van der Waals surface area contributed by atoms with E-state index < -0.39 is 6.04 Å². The van der Waals surface area contributed by atoms with Crippen molar-refractivity contribution in [2.45, 2.75) is 122 Å². The van der Waals surface area contributed by atoms with Gasteiger partial charge in [-0.05, 0) is 77.0 Å². The maximum absolute atomic E-state index is 14.4. The second-order valence-electron chi connectivity index (χ2n) is 13.9. The number of ether oxygens (including phenoxy) is 2. The van der Waals surface area contributed by atoms with Crippen LogP contribution in [0.5, 0.6) is 5.75 Å². The third-order valence-electron chi connectivity index (χ3n) is 10.1. The fraction of sp³-hybridized carbons (Fsp3) is 0.750. The molecular formula is C36H57N3O6. The van der Waals surface area contributed by atoms with E-state index in [-0.39, 0.29) is 54.3 Å². The number of likely N-dealkylation sites (N-methyl/N-ethyl adjacent to an activating group) is 1. The predicted molar refractivity (Wildman–Crippen MR) is 176 cm³/mol. The SMILES string of the molecule is C[C@H](CO)N1C[C@H](C)[C@H](CN(C)C(=O)C2CCCCC2)OCCCC[C@H](C)Oc2ccc(NC(=O)C3CCCCC3)cc2C1=O. The van der Waals surface area contributed by atoms with Gasteiger partial charge in [0.15, 0.2) is 0 Å². The first-order chi connectivity index (χ1) is 21.7. The van der Waals surface area contributed by atoms with Crippen LogP contribution in [0.3, 0.4) is 0 Å². The average molecular weight is 628 g/mol. The van der Waals surface area contributed by atoms with Crippen molar-refractivity contribution in [1.29, 1.82) is 0 Å². The zero-order chi connectivity index (χ0) is 32.3. The van der Waals surface area contributed by atoms with Crippen LogP contribution in [0, 0.1) is 17.8 Å². The minimum Gasteiger partial charge on any atom is -0.490 e. The van der Waals surface area contributed by atoms with Crippen molar-refractivity contribution in [3.05, 3.63) is 23.8 Å². The minimum atomic E-state index is -0.458. The van der Waals surface area contributed by atoms with Crippen molar-refractivity contribution < 1.29 is 29.0 Å². The molecule has 1 heterocycles. The van der Waals surface area contributed by atoms with Crippen molar-refractivity contribution in [2.24, 2.45) is 17.8 Å². The monoisotopic (exact) mass is 627 g/mol. The maximum atomic E-state index is 14.4. The molecule has 0 saturated heterocycles. The Labute approximate surface area is 270 Å². The van der Waals surface area contributed by atoms with Gasteiger partial charge in [-0.15, -0.1) is 0 Å². The van der Waals surface area contributed by atoms with Crippen LogP contribution < -0.4 is 10.1 Å². The van der Waals surface area contributed by atoms with Gasteiger partial charge in [0.2, 0.25) is 11.8 Å². The summed E-state index contributed by atoms with van der Waals surface area (Å²) in [7, 11) is 1.87. The van der Waals surface area contributed by atoms with Gasteiger partial charge in [0.1, 0.15) is 5.75 Å². The molecule has 3 amide bonds. The lowest BCUT2D eigenvalue weighted by molar-refractivity contribution is -0.138. The zero-order valence-corrected chi connectivity index (χ0v) is 28.1. The highest BCUT2D eigenvalue weighted by atomic mass is 16.5. The molecule has 4 rings (SSSR count). The van der Waals surface area contributed by atoms with E-state index in [1.54, 1.807) is 17.0 Å². The van der Waals surface area contributed by atoms with E-state index >= 15 is 0 Å². The molecule has 0 bridgehead atoms. The molecule has 2 aliphatic carbocycles. The molecule has 0 aromatic heterocycles. The number of aliphatic hydroxyl groups is 1. The number of nitrogens with zero attached hydrogens (tertiary/aromatic N) is 2. The number of rotatable bonds is 7. The fourth-order valence-electron chi connectivity index (χ4n) is 7.09. The second-order valence-corrected chi connectivity index (χ2v) is 13.9. The van der Waals surface area contributed by atoms with E-state index in [1.165, 1.54) is 12.8 Å². The topological polar surface area (TPSA) is 108 Å². The number of anilines is 1. The highest BCUT2D eigenvalue weighted by molar-refractivity contribution is 6.00. The van der Waals surface area contributed by atoms with Crippen LogP contribution >= 0.6 is 0 Å². The molecule has 4 atom stereocenters. The molecule has 1 aromatic rings. The molecule has 252 valence electrons. The van der Waals surface area contributed by atoms with E-state index in [1.807, 2.05) is 31.9 Å². The molecule has 45 heavy (non-hydrogen) atoms. The third kappa shape index (κ3) is 9.92. The van der Waals surface area contributed by atoms with Gasteiger partial charge in [-0.2, -0.15) is 0 Å². The summed E-state index contributed by atoms with van der Waals surface area (Å²) in [6, 6.07) is 4.87.